The SMILES string of the molecule is O[C@@H]1[C@@H](OCc2ccccc2)[C@@H](O)[C@H]2CNCC[C@H]3O[C@H](CNCC[C@H]4O[C@H](CNCC[C@H]5O[C@H](CNCC[C@H]1O2)[C@@H](O)[C@H](OCc1ccccc1)[C@H]5O)[C@@H](O)[C@H](OCc1ccccc1)[C@H]4O)[C@@H](O)[C@H](OCc1ccccc1)[C@H]3O. The molecule has 4 aromatic carbocycles. The summed E-state index contributed by atoms with van der Waals surface area (Å²) in [4.78, 5) is 0. The van der Waals surface area contributed by atoms with Crippen LogP contribution in [0.2, 0.25) is 0 Å². The van der Waals surface area contributed by atoms with Crippen LogP contribution in [-0.2, 0) is 64.3 Å². The summed E-state index contributed by atoms with van der Waals surface area (Å²) in [6.45, 7) is 2.44. The molecule has 9 rings (SSSR count). The monoisotopic (exact) mass is 1120 g/mol. The lowest BCUT2D eigenvalue weighted by atomic mass is 9.91. The first-order chi connectivity index (χ1) is 39.0. The summed E-state index contributed by atoms with van der Waals surface area (Å²) < 4.78 is 50.8. The molecule has 5 saturated heterocycles. The fraction of sp³-hybridized carbons (Fsp3) is 0.600. The fourth-order valence-corrected chi connectivity index (χ4v) is 11.5. The quantitative estimate of drug-likeness (QED) is 0.0904. The lowest BCUT2D eigenvalue weighted by Crippen LogP contribution is -2.62. The molecule has 20 heteroatoms. The Bertz CT molecular complexity index is 1960. The molecule has 0 amide bonds. The number of benzene rings is 4. The standard InChI is InChI=1S/C60H84N4O16/c65-49-41-21-25-62-30-46-54(70)59(75-35-39-17-9-3-10-18-39)51(67)43(79-46)23-27-64-32-48-56(72)60(76-36-40-19-11-4-12-20-40)52(68)44(80-48)24-28-63-31-47-55(71)58(74-34-38-15-7-2-8-16-38)50(66)42(78-47)22-26-61-29-45(77-41)53(69)57(49)73-33-37-13-5-1-6-14-37/h1-20,41-72H,21-36H2/t41-,42-,43-,44-,45-,46-,47-,48-,49+,50+,51+,52+,53-,54-,55-,56+,57-,58-,59-,60-/m1/s1. The molecule has 0 aliphatic carbocycles. The predicted molar refractivity (Wildman–Crippen MR) is 293 cm³/mol. The molecule has 4 aromatic rings. The maximum Gasteiger partial charge on any atom is 0.115 e. The Balaban J connectivity index is 0.927. The molecule has 0 spiro atoms. The largest absolute Gasteiger partial charge is 0.388 e. The summed E-state index contributed by atoms with van der Waals surface area (Å²) >= 11 is 0. The lowest BCUT2D eigenvalue weighted by Gasteiger charge is -2.44. The summed E-state index contributed by atoms with van der Waals surface area (Å²) in [5, 5.41) is 108. The third kappa shape index (κ3) is 16.2. The van der Waals surface area contributed by atoms with E-state index in [1.54, 1.807) is 0 Å². The van der Waals surface area contributed by atoms with Crippen molar-refractivity contribution in [1.29, 1.82) is 0 Å². The van der Waals surface area contributed by atoms with Crippen molar-refractivity contribution in [3.63, 3.8) is 0 Å². The van der Waals surface area contributed by atoms with Gasteiger partial charge in [-0.15, -0.1) is 0 Å². The van der Waals surface area contributed by atoms with Crippen LogP contribution < -0.4 is 21.3 Å². The van der Waals surface area contributed by atoms with E-state index in [0.717, 1.165) is 22.3 Å². The van der Waals surface area contributed by atoms with Gasteiger partial charge in [0.05, 0.1) is 75.3 Å². The minimum Gasteiger partial charge on any atom is -0.388 e. The van der Waals surface area contributed by atoms with Gasteiger partial charge in [0.25, 0.3) is 0 Å². The fourth-order valence-electron chi connectivity index (χ4n) is 11.5. The Morgan fingerprint density at radius 3 is 0.675 bits per heavy atom. The van der Waals surface area contributed by atoms with Crippen molar-refractivity contribution >= 4 is 0 Å². The van der Waals surface area contributed by atoms with Crippen LogP contribution >= 0.6 is 0 Å². The van der Waals surface area contributed by atoms with E-state index in [1.165, 1.54) is 0 Å². The van der Waals surface area contributed by atoms with Crippen molar-refractivity contribution in [2.75, 3.05) is 52.4 Å². The van der Waals surface area contributed by atoms with E-state index in [-0.39, 0.29) is 78.3 Å². The zero-order valence-corrected chi connectivity index (χ0v) is 45.3. The first-order valence-corrected chi connectivity index (χ1v) is 28.5. The lowest BCUT2D eigenvalue weighted by molar-refractivity contribution is -0.241. The molecule has 5 heterocycles. The van der Waals surface area contributed by atoms with Crippen LogP contribution in [0.15, 0.2) is 121 Å². The van der Waals surface area contributed by atoms with Crippen LogP contribution in [-0.4, -0.2) is 215 Å². The molecule has 8 bridgehead atoms. The number of aliphatic hydroxyl groups excluding tert-OH is 8. The van der Waals surface area contributed by atoms with Gasteiger partial charge in [-0.2, -0.15) is 0 Å². The van der Waals surface area contributed by atoms with Crippen LogP contribution in [0.4, 0.5) is 0 Å². The van der Waals surface area contributed by atoms with Crippen molar-refractivity contribution in [3.8, 4) is 0 Å². The van der Waals surface area contributed by atoms with Gasteiger partial charge in [-0.25, -0.2) is 0 Å². The third-order valence-corrected chi connectivity index (χ3v) is 16.1. The Morgan fingerprint density at radius 2 is 0.475 bits per heavy atom. The number of aliphatic hydroxyl groups is 8. The van der Waals surface area contributed by atoms with Gasteiger partial charge < -0.3 is 100 Å². The maximum atomic E-state index is 11.8. The van der Waals surface area contributed by atoms with E-state index in [0.29, 0.717) is 26.2 Å². The van der Waals surface area contributed by atoms with Crippen molar-refractivity contribution in [2.45, 2.75) is 174 Å². The second-order valence-corrected chi connectivity index (χ2v) is 21.8. The van der Waals surface area contributed by atoms with Gasteiger partial charge in [-0.05, 0) is 74.1 Å². The molecule has 5 aliphatic rings. The topological polar surface area (TPSA) is 284 Å². The smallest absolute Gasteiger partial charge is 0.115 e. The molecular weight excluding hydrogens is 1030 g/mol. The van der Waals surface area contributed by atoms with Crippen LogP contribution in [0.5, 0.6) is 0 Å². The van der Waals surface area contributed by atoms with Crippen molar-refractivity contribution < 1.29 is 78.7 Å². The van der Waals surface area contributed by atoms with Gasteiger partial charge in [-0.1, -0.05) is 121 Å². The summed E-state index contributed by atoms with van der Waals surface area (Å²) in [5.74, 6) is 0. The number of hydrogen-bond acceptors (Lipinski definition) is 20. The Hall–Kier alpha value is -3.92. The van der Waals surface area contributed by atoms with E-state index in [1.807, 2.05) is 121 Å². The van der Waals surface area contributed by atoms with Crippen LogP contribution in [0.3, 0.4) is 0 Å². The molecule has 5 aliphatic heterocycles. The number of nitrogens with one attached hydrogen (secondary N) is 4. The molecule has 20 atom stereocenters. The highest BCUT2D eigenvalue weighted by atomic mass is 16.6. The van der Waals surface area contributed by atoms with Gasteiger partial charge >= 0.3 is 0 Å². The first-order valence-electron chi connectivity index (χ1n) is 28.5. The zero-order chi connectivity index (χ0) is 55.8. The summed E-state index contributed by atoms with van der Waals surface area (Å²) in [6.07, 6.45) is -18.9. The molecule has 5 fully saturated rings. The molecule has 12 N–H and O–H groups in total. The van der Waals surface area contributed by atoms with Crippen LogP contribution in [0.1, 0.15) is 47.9 Å². The zero-order valence-electron chi connectivity index (χ0n) is 45.3. The molecule has 80 heavy (non-hydrogen) atoms. The number of hydrogen-bond donors (Lipinski definition) is 12. The number of fused-ring (bicyclic) bond motifs is 8. The van der Waals surface area contributed by atoms with Gasteiger partial charge in [0, 0.05) is 26.2 Å². The molecule has 0 aromatic heterocycles. The molecule has 440 valence electrons. The van der Waals surface area contributed by atoms with Gasteiger partial charge in [0.1, 0.15) is 73.2 Å². The van der Waals surface area contributed by atoms with Crippen molar-refractivity contribution in [1.82, 2.24) is 21.3 Å². The summed E-state index contributed by atoms with van der Waals surface area (Å²) in [5.41, 5.74) is 3.48. The minimum absolute atomic E-state index is 0.146. The second kappa shape index (κ2) is 30.6. The average molecular weight is 1120 g/mol. The van der Waals surface area contributed by atoms with Gasteiger partial charge in [-0.3, -0.25) is 0 Å². The molecular formula is C60H84N4O16. The normalized spacial score (nSPS) is 37.4. The highest BCUT2D eigenvalue weighted by Gasteiger charge is 2.49. The van der Waals surface area contributed by atoms with Crippen LogP contribution in [0, 0.1) is 0 Å². The Labute approximate surface area is 468 Å². The Morgan fingerprint density at radius 1 is 0.287 bits per heavy atom. The number of rotatable bonds is 12. The van der Waals surface area contributed by atoms with Crippen molar-refractivity contribution in [2.24, 2.45) is 0 Å². The highest BCUT2D eigenvalue weighted by molar-refractivity contribution is 5.17. The number of ether oxygens (including phenoxy) is 8. The van der Waals surface area contributed by atoms with E-state index in [2.05, 4.69) is 21.3 Å². The third-order valence-electron chi connectivity index (χ3n) is 16.1. The first kappa shape index (κ1) is 60.7. The molecule has 0 unspecified atom stereocenters. The van der Waals surface area contributed by atoms with E-state index < -0.39 is 122 Å². The summed E-state index contributed by atoms with van der Waals surface area (Å²) in [7, 11) is 0. The van der Waals surface area contributed by atoms with Crippen molar-refractivity contribution in [3.05, 3.63) is 144 Å². The van der Waals surface area contributed by atoms with E-state index in [9.17, 15) is 40.9 Å². The van der Waals surface area contributed by atoms with E-state index >= 15 is 0 Å². The van der Waals surface area contributed by atoms with Gasteiger partial charge in [0.2, 0.25) is 0 Å². The van der Waals surface area contributed by atoms with E-state index in [4.69, 9.17) is 37.9 Å². The Kier molecular flexibility index (Phi) is 23.2. The maximum absolute atomic E-state index is 11.8. The molecule has 20 nitrogen and oxygen atoms in total. The second-order valence-electron chi connectivity index (χ2n) is 21.8. The minimum atomic E-state index is -1.22. The molecule has 0 saturated carbocycles. The highest BCUT2D eigenvalue weighted by Crippen LogP contribution is 2.31. The molecule has 0 radical (unpaired) electrons. The predicted octanol–water partition coefficient (Wildman–Crippen LogP) is 0.217. The van der Waals surface area contributed by atoms with Gasteiger partial charge in [0.15, 0.2) is 0 Å². The summed E-state index contributed by atoms with van der Waals surface area (Å²) in [6, 6.07) is 38.0. The average Bonchev–Trinajstić information content (AvgIpc) is 3.52. The van der Waals surface area contributed by atoms with Crippen LogP contribution in [0.25, 0.3) is 0 Å².